The molecule has 2 atom stereocenters. The fourth-order valence-corrected chi connectivity index (χ4v) is 3.14. The molecule has 0 spiro atoms. The molecule has 0 heterocycles. The fourth-order valence-electron chi connectivity index (χ4n) is 3.14. The minimum absolute atomic E-state index is 0.00512. The van der Waals surface area contributed by atoms with Gasteiger partial charge in [0.25, 0.3) is 0 Å². The van der Waals surface area contributed by atoms with E-state index < -0.39 is 6.10 Å². The van der Waals surface area contributed by atoms with E-state index in [1.165, 1.54) is 12.1 Å². The van der Waals surface area contributed by atoms with Crippen LogP contribution in [0.15, 0.2) is 48.5 Å². The molecule has 0 saturated heterocycles. The maximum Gasteiger partial charge on any atom is 0.223 e. The Balaban J connectivity index is 1.66. The highest BCUT2D eigenvalue weighted by Crippen LogP contribution is 2.30. The van der Waals surface area contributed by atoms with E-state index in [0.29, 0.717) is 0 Å². The van der Waals surface area contributed by atoms with E-state index in [0.717, 1.165) is 36.0 Å². The maximum absolute atomic E-state index is 13.5. The number of nitrogens with one attached hydrogen (secondary N) is 1. The second kappa shape index (κ2) is 6.92. The van der Waals surface area contributed by atoms with Crippen LogP contribution in [-0.4, -0.2) is 11.0 Å². The third-order valence-electron chi connectivity index (χ3n) is 4.32. The molecular weight excluding hydrogens is 293 g/mol. The van der Waals surface area contributed by atoms with Crippen molar-refractivity contribution < 1.29 is 14.3 Å². The molecule has 23 heavy (non-hydrogen) atoms. The average Bonchev–Trinajstić information content (AvgIpc) is 2.56. The molecule has 2 aromatic rings. The first-order valence-corrected chi connectivity index (χ1v) is 7.94. The van der Waals surface area contributed by atoms with Gasteiger partial charge in [-0.05, 0) is 48.1 Å². The number of amides is 1. The van der Waals surface area contributed by atoms with Gasteiger partial charge in [-0.3, -0.25) is 4.79 Å². The summed E-state index contributed by atoms with van der Waals surface area (Å²) in [6, 6.07) is 13.7. The molecular formula is C19H20FNO2. The summed E-state index contributed by atoms with van der Waals surface area (Å²) in [4.78, 5) is 12.2. The molecule has 120 valence electrons. The third-order valence-corrected chi connectivity index (χ3v) is 4.32. The predicted molar refractivity (Wildman–Crippen MR) is 86.2 cm³/mol. The Labute approximate surface area is 135 Å². The van der Waals surface area contributed by atoms with Gasteiger partial charge in [0.15, 0.2) is 0 Å². The summed E-state index contributed by atoms with van der Waals surface area (Å²) in [5.74, 6) is -0.502. The molecule has 2 unspecified atom stereocenters. The van der Waals surface area contributed by atoms with Crippen LogP contribution < -0.4 is 5.32 Å². The lowest BCUT2D eigenvalue weighted by Gasteiger charge is -2.27. The number of fused-ring (bicyclic) bond motifs is 1. The molecule has 0 bridgehead atoms. The average molecular weight is 313 g/mol. The zero-order valence-corrected chi connectivity index (χ0v) is 12.8. The standard InChI is InChI=1S/C19H20FNO2/c20-15-10-9-13-7-4-8-17(16(13)11-15)21-19(23)12-18(22)14-5-2-1-3-6-14/h1-3,5-6,9-11,17-18,22H,4,7-8,12H2,(H,21,23). The van der Waals surface area contributed by atoms with Crippen molar-refractivity contribution in [1.29, 1.82) is 0 Å². The highest BCUT2D eigenvalue weighted by molar-refractivity contribution is 5.77. The van der Waals surface area contributed by atoms with Crippen molar-refractivity contribution >= 4 is 5.91 Å². The zero-order valence-electron chi connectivity index (χ0n) is 12.8. The molecule has 0 radical (unpaired) electrons. The van der Waals surface area contributed by atoms with Gasteiger partial charge in [-0.2, -0.15) is 0 Å². The number of aliphatic hydroxyl groups excluding tert-OH is 1. The first-order valence-electron chi connectivity index (χ1n) is 7.94. The van der Waals surface area contributed by atoms with Crippen LogP contribution in [0.25, 0.3) is 0 Å². The van der Waals surface area contributed by atoms with Crippen LogP contribution in [0.5, 0.6) is 0 Å². The third kappa shape index (κ3) is 3.77. The molecule has 1 aliphatic rings. The largest absolute Gasteiger partial charge is 0.388 e. The van der Waals surface area contributed by atoms with Gasteiger partial charge in [0, 0.05) is 0 Å². The topological polar surface area (TPSA) is 49.3 Å². The van der Waals surface area contributed by atoms with Gasteiger partial charge in [0.1, 0.15) is 5.82 Å². The Kier molecular flexibility index (Phi) is 4.72. The van der Waals surface area contributed by atoms with Crippen molar-refractivity contribution in [3.63, 3.8) is 0 Å². The number of benzene rings is 2. The van der Waals surface area contributed by atoms with Crippen LogP contribution in [0.4, 0.5) is 4.39 Å². The minimum atomic E-state index is -0.827. The van der Waals surface area contributed by atoms with E-state index in [1.807, 2.05) is 18.2 Å². The number of carbonyl (C=O) groups excluding carboxylic acids is 1. The zero-order chi connectivity index (χ0) is 16.2. The van der Waals surface area contributed by atoms with Crippen LogP contribution >= 0.6 is 0 Å². The van der Waals surface area contributed by atoms with Crippen molar-refractivity contribution in [3.8, 4) is 0 Å². The summed E-state index contributed by atoms with van der Waals surface area (Å²) in [5.41, 5.74) is 2.67. The molecule has 2 aromatic carbocycles. The molecule has 3 nitrogen and oxygen atoms in total. The van der Waals surface area contributed by atoms with Crippen LogP contribution in [-0.2, 0) is 11.2 Å². The van der Waals surface area contributed by atoms with Gasteiger partial charge in [0.05, 0.1) is 18.6 Å². The van der Waals surface area contributed by atoms with Gasteiger partial charge in [0.2, 0.25) is 5.91 Å². The Morgan fingerprint density at radius 3 is 2.83 bits per heavy atom. The lowest BCUT2D eigenvalue weighted by molar-refractivity contribution is -0.124. The summed E-state index contributed by atoms with van der Waals surface area (Å²) in [7, 11) is 0. The number of hydrogen-bond acceptors (Lipinski definition) is 2. The summed E-state index contributed by atoms with van der Waals surface area (Å²) in [5, 5.41) is 13.1. The highest BCUT2D eigenvalue weighted by Gasteiger charge is 2.23. The van der Waals surface area contributed by atoms with Crippen molar-refractivity contribution in [2.75, 3.05) is 0 Å². The number of carbonyl (C=O) groups is 1. The van der Waals surface area contributed by atoms with Crippen LogP contribution in [0, 0.1) is 5.82 Å². The van der Waals surface area contributed by atoms with E-state index in [9.17, 15) is 14.3 Å². The molecule has 2 N–H and O–H groups in total. The molecule has 1 aliphatic carbocycles. The van der Waals surface area contributed by atoms with Crippen molar-refractivity contribution in [1.82, 2.24) is 5.32 Å². The molecule has 4 heteroatoms. The van der Waals surface area contributed by atoms with Gasteiger partial charge in [-0.25, -0.2) is 4.39 Å². The Morgan fingerprint density at radius 2 is 2.04 bits per heavy atom. The number of aryl methyl sites for hydroxylation is 1. The lowest BCUT2D eigenvalue weighted by atomic mass is 9.87. The Hall–Kier alpha value is -2.20. The van der Waals surface area contributed by atoms with Crippen LogP contribution in [0.2, 0.25) is 0 Å². The smallest absolute Gasteiger partial charge is 0.223 e. The van der Waals surface area contributed by atoms with Gasteiger partial charge >= 0.3 is 0 Å². The summed E-state index contributed by atoms with van der Waals surface area (Å²) in [6.07, 6.45) is 1.85. The number of rotatable bonds is 4. The van der Waals surface area contributed by atoms with Crippen molar-refractivity contribution in [3.05, 3.63) is 71.0 Å². The monoisotopic (exact) mass is 313 g/mol. The van der Waals surface area contributed by atoms with Gasteiger partial charge in [-0.1, -0.05) is 36.4 Å². The molecule has 3 rings (SSSR count). The molecule has 0 aliphatic heterocycles. The first kappa shape index (κ1) is 15.7. The summed E-state index contributed by atoms with van der Waals surface area (Å²) >= 11 is 0. The van der Waals surface area contributed by atoms with Gasteiger partial charge < -0.3 is 10.4 Å². The van der Waals surface area contributed by atoms with Gasteiger partial charge in [-0.15, -0.1) is 0 Å². The lowest BCUT2D eigenvalue weighted by Crippen LogP contribution is -2.32. The fraction of sp³-hybridized carbons (Fsp3) is 0.316. The highest BCUT2D eigenvalue weighted by atomic mass is 19.1. The number of halogens is 1. The van der Waals surface area contributed by atoms with E-state index in [2.05, 4.69) is 5.32 Å². The first-order chi connectivity index (χ1) is 11.1. The second-order valence-electron chi connectivity index (χ2n) is 5.99. The molecule has 1 amide bonds. The molecule has 0 saturated carbocycles. The molecule has 0 fully saturated rings. The minimum Gasteiger partial charge on any atom is -0.388 e. The number of hydrogen-bond donors (Lipinski definition) is 2. The molecule has 0 aromatic heterocycles. The summed E-state index contributed by atoms with van der Waals surface area (Å²) < 4.78 is 13.5. The second-order valence-corrected chi connectivity index (χ2v) is 5.99. The predicted octanol–water partition coefficient (Wildman–Crippen LogP) is 3.44. The Morgan fingerprint density at radius 1 is 1.26 bits per heavy atom. The van der Waals surface area contributed by atoms with Crippen molar-refractivity contribution in [2.45, 2.75) is 37.8 Å². The van der Waals surface area contributed by atoms with E-state index in [-0.39, 0.29) is 24.2 Å². The maximum atomic E-state index is 13.5. The van der Waals surface area contributed by atoms with E-state index >= 15 is 0 Å². The van der Waals surface area contributed by atoms with Crippen LogP contribution in [0.1, 0.15) is 48.1 Å². The van der Waals surface area contributed by atoms with Crippen LogP contribution in [0.3, 0.4) is 0 Å². The summed E-state index contributed by atoms with van der Waals surface area (Å²) in [6.45, 7) is 0. The van der Waals surface area contributed by atoms with E-state index in [4.69, 9.17) is 0 Å². The number of aliphatic hydroxyl groups is 1. The normalized spacial score (nSPS) is 18.1. The van der Waals surface area contributed by atoms with E-state index in [1.54, 1.807) is 18.2 Å². The van der Waals surface area contributed by atoms with Crippen molar-refractivity contribution in [2.24, 2.45) is 0 Å². The Bertz CT molecular complexity index is 687. The SMILES string of the molecule is O=C(CC(O)c1ccccc1)NC1CCCc2ccc(F)cc21. The quantitative estimate of drug-likeness (QED) is 0.908.